The van der Waals surface area contributed by atoms with Crippen molar-refractivity contribution < 1.29 is 4.79 Å². The lowest BCUT2D eigenvalue weighted by molar-refractivity contribution is 0.240. The van der Waals surface area contributed by atoms with E-state index >= 15 is 0 Å². The minimum Gasteiger partial charge on any atom is -0.329 e. The van der Waals surface area contributed by atoms with Crippen LogP contribution >= 0.6 is 23.2 Å². The Morgan fingerprint density at radius 2 is 1.86 bits per heavy atom. The molecule has 0 aliphatic carbocycles. The third-order valence-corrected chi connectivity index (χ3v) is 7.00. The second-order valence-electron chi connectivity index (χ2n) is 8.75. The van der Waals surface area contributed by atoms with Crippen LogP contribution in [0, 0.1) is 11.8 Å². The molecule has 1 fully saturated rings. The molecule has 2 heterocycles. The fraction of sp³-hybridized carbons (Fsp3) is 0.214. The van der Waals surface area contributed by atoms with Crippen LogP contribution in [0.4, 0.5) is 10.5 Å². The van der Waals surface area contributed by atoms with Crippen molar-refractivity contribution >= 4 is 45.8 Å². The molecular formula is C28H25Cl2N5O. The summed E-state index contributed by atoms with van der Waals surface area (Å²) < 4.78 is 0. The number of aromatic nitrogens is 2. The predicted octanol–water partition coefficient (Wildman–Crippen LogP) is 6.27. The number of halogens is 2. The molecule has 0 unspecified atom stereocenters. The number of hydrogen-bond acceptors (Lipinski definition) is 3. The highest BCUT2D eigenvalue weighted by atomic mass is 35.5. The van der Waals surface area contributed by atoms with Crippen LogP contribution in [0.1, 0.15) is 42.1 Å². The Labute approximate surface area is 219 Å². The highest BCUT2D eigenvalue weighted by Crippen LogP contribution is 2.29. The third-order valence-electron chi connectivity index (χ3n) is 6.26. The lowest BCUT2D eigenvalue weighted by atomic mass is 9.92. The van der Waals surface area contributed by atoms with Gasteiger partial charge in [0.15, 0.2) is 0 Å². The summed E-state index contributed by atoms with van der Waals surface area (Å²) in [5, 5.41) is 18.8. The number of piperidine rings is 1. The number of carbonyl (C=O) groups is 1. The van der Waals surface area contributed by atoms with Gasteiger partial charge in [-0.05, 0) is 73.3 Å². The molecule has 4 N–H and O–H groups in total. The smallest absolute Gasteiger partial charge is 0.319 e. The normalized spacial score (nSPS) is 16.1. The van der Waals surface area contributed by atoms with Gasteiger partial charge in [-0.15, -0.1) is 0 Å². The fourth-order valence-corrected chi connectivity index (χ4v) is 4.74. The second kappa shape index (κ2) is 11.0. The molecule has 0 saturated carbocycles. The average Bonchev–Trinajstić information content (AvgIpc) is 3.31. The van der Waals surface area contributed by atoms with Gasteiger partial charge in [0, 0.05) is 22.7 Å². The zero-order valence-electron chi connectivity index (χ0n) is 19.4. The second-order valence-corrected chi connectivity index (χ2v) is 9.57. The maximum Gasteiger partial charge on any atom is 0.319 e. The van der Waals surface area contributed by atoms with Gasteiger partial charge in [0.1, 0.15) is 5.69 Å². The number of H-pyrrole nitrogens is 1. The van der Waals surface area contributed by atoms with Crippen LogP contribution < -0.4 is 16.0 Å². The number of fused-ring (bicyclic) bond motifs is 1. The van der Waals surface area contributed by atoms with Gasteiger partial charge in [-0.2, -0.15) is 5.10 Å². The number of hydrogen-bond donors (Lipinski definition) is 4. The highest BCUT2D eigenvalue weighted by Gasteiger charge is 2.27. The summed E-state index contributed by atoms with van der Waals surface area (Å²) in [5.41, 5.74) is 3.93. The lowest BCUT2D eigenvalue weighted by Crippen LogP contribution is -2.47. The van der Waals surface area contributed by atoms with Crippen molar-refractivity contribution in [1.82, 2.24) is 20.8 Å². The van der Waals surface area contributed by atoms with Gasteiger partial charge in [-0.25, -0.2) is 4.79 Å². The van der Waals surface area contributed by atoms with Crippen molar-refractivity contribution in [2.24, 2.45) is 0 Å². The molecule has 0 spiro atoms. The Morgan fingerprint density at radius 3 is 2.64 bits per heavy atom. The maximum atomic E-state index is 13.1. The number of carbonyl (C=O) groups excluding carboxylic acids is 1. The molecule has 36 heavy (non-hydrogen) atoms. The molecule has 1 saturated heterocycles. The van der Waals surface area contributed by atoms with E-state index in [1.165, 1.54) is 0 Å². The summed E-state index contributed by atoms with van der Waals surface area (Å²) in [5.74, 6) is 6.25. The molecule has 4 aromatic rings. The van der Waals surface area contributed by atoms with E-state index in [4.69, 9.17) is 23.2 Å². The van der Waals surface area contributed by atoms with Crippen molar-refractivity contribution in [3.63, 3.8) is 0 Å². The first kappa shape index (κ1) is 24.2. The molecule has 6 nitrogen and oxygen atoms in total. The van der Waals surface area contributed by atoms with Crippen molar-refractivity contribution in [3.05, 3.63) is 93.6 Å². The van der Waals surface area contributed by atoms with Crippen LogP contribution in [-0.4, -0.2) is 28.8 Å². The standard InChI is InChI=1S/C28H25Cl2N5O/c29-22-12-10-19(16-23(22)30)27(26-8-4-5-15-31-26)33-28(36)32-20-11-14-25-21(17-20)24(34-35-25)13-9-18-6-2-1-3-7-18/h1-3,6-7,10-12,14,16-17,26-27,31H,4-5,8,15H2,(H,34,35)(H2,32,33,36)/t26-,27-/m0/s1. The van der Waals surface area contributed by atoms with E-state index in [2.05, 4.69) is 38.0 Å². The zero-order chi connectivity index (χ0) is 24.9. The van der Waals surface area contributed by atoms with Gasteiger partial charge < -0.3 is 16.0 Å². The topological polar surface area (TPSA) is 81.8 Å². The molecule has 0 bridgehead atoms. The van der Waals surface area contributed by atoms with Crippen LogP contribution in [0.15, 0.2) is 66.7 Å². The molecule has 2 atom stereocenters. The lowest BCUT2D eigenvalue weighted by Gasteiger charge is -2.32. The van der Waals surface area contributed by atoms with Crippen LogP contribution in [0.25, 0.3) is 10.9 Å². The molecule has 1 aromatic heterocycles. The van der Waals surface area contributed by atoms with Crippen LogP contribution in [0.2, 0.25) is 10.0 Å². The average molecular weight is 518 g/mol. The first-order chi connectivity index (χ1) is 17.6. The van der Waals surface area contributed by atoms with Crippen molar-refractivity contribution in [1.29, 1.82) is 0 Å². The van der Waals surface area contributed by atoms with Gasteiger partial charge in [-0.3, -0.25) is 5.10 Å². The van der Waals surface area contributed by atoms with Gasteiger partial charge in [-0.1, -0.05) is 59.8 Å². The van der Waals surface area contributed by atoms with E-state index in [0.29, 0.717) is 21.4 Å². The Balaban J connectivity index is 1.35. The van der Waals surface area contributed by atoms with Crippen LogP contribution in [0.5, 0.6) is 0 Å². The monoisotopic (exact) mass is 517 g/mol. The number of nitrogens with zero attached hydrogens (tertiary/aromatic N) is 1. The van der Waals surface area contributed by atoms with Crippen LogP contribution in [0.3, 0.4) is 0 Å². The molecule has 8 heteroatoms. The fourth-order valence-electron chi connectivity index (χ4n) is 4.43. The molecule has 1 aliphatic heterocycles. The zero-order valence-corrected chi connectivity index (χ0v) is 21.0. The summed E-state index contributed by atoms with van der Waals surface area (Å²) in [6.45, 7) is 0.912. The molecule has 182 valence electrons. The van der Waals surface area contributed by atoms with Crippen molar-refractivity contribution in [2.45, 2.75) is 31.3 Å². The molecule has 2 amide bonds. The third kappa shape index (κ3) is 5.66. The number of benzene rings is 3. The van der Waals surface area contributed by atoms with E-state index in [-0.39, 0.29) is 18.1 Å². The highest BCUT2D eigenvalue weighted by molar-refractivity contribution is 6.42. The first-order valence-electron chi connectivity index (χ1n) is 11.9. The maximum absolute atomic E-state index is 13.1. The van der Waals surface area contributed by atoms with Gasteiger partial charge in [0.05, 0.1) is 21.6 Å². The van der Waals surface area contributed by atoms with Gasteiger partial charge >= 0.3 is 6.03 Å². The predicted molar refractivity (Wildman–Crippen MR) is 146 cm³/mol. The first-order valence-corrected chi connectivity index (χ1v) is 12.6. The molecule has 5 rings (SSSR count). The summed E-state index contributed by atoms with van der Waals surface area (Å²) in [6, 6.07) is 20.4. The number of anilines is 1. The molecule has 0 radical (unpaired) electrons. The largest absolute Gasteiger partial charge is 0.329 e. The number of nitrogens with one attached hydrogen (secondary N) is 4. The Kier molecular flexibility index (Phi) is 7.43. The summed E-state index contributed by atoms with van der Waals surface area (Å²) >= 11 is 12.4. The number of amides is 2. The Bertz CT molecular complexity index is 1430. The summed E-state index contributed by atoms with van der Waals surface area (Å²) in [4.78, 5) is 13.1. The van der Waals surface area contributed by atoms with Gasteiger partial charge in [0.2, 0.25) is 0 Å². The SMILES string of the molecule is O=C(Nc1ccc2[nH]nc(C#Cc3ccccc3)c2c1)N[C@@H](c1ccc(Cl)c(Cl)c1)[C@@H]1CCCCN1. The van der Waals surface area contributed by atoms with E-state index in [0.717, 1.165) is 47.8 Å². The Morgan fingerprint density at radius 1 is 1.00 bits per heavy atom. The van der Waals surface area contributed by atoms with Crippen LogP contribution in [-0.2, 0) is 0 Å². The quantitative estimate of drug-likeness (QED) is 0.240. The number of rotatable bonds is 4. The minimum absolute atomic E-state index is 0.0953. The van der Waals surface area contributed by atoms with E-state index < -0.39 is 0 Å². The molecule has 3 aromatic carbocycles. The Hall–Kier alpha value is -3.50. The molecule has 1 aliphatic rings. The molecular weight excluding hydrogens is 493 g/mol. The summed E-state index contributed by atoms with van der Waals surface area (Å²) in [6.07, 6.45) is 3.18. The van der Waals surface area contributed by atoms with E-state index in [9.17, 15) is 4.79 Å². The van der Waals surface area contributed by atoms with Gasteiger partial charge in [0.25, 0.3) is 0 Å². The summed E-state index contributed by atoms with van der Waals surface area (Å²) in [7, 11) is 0. The minimum atomic E-state index is -0.307. The number of aromatic amines is 1. The van der Waals surface area contributed by atoms with Crippen molar-refractivity contribution in [2.75, 3.05) is 11.9 Å². The van der Waals surface area contributed by atoms with E-state index in [1.54, 1.807) is 6.07 Å². The van der Waals surface area contributed by atoms with E-state index in [1.807, 2.05) is 60.7 Å². The van der Waals surface area contributed by atoms with Crippen molar-refractivity contribution in [3.8, 4) is 11.8 Å². The number of urea groups is 1.